The number of benzene rings is 2. The molecule has 2 rings (SSSR count). The van der Waals surface area contributed by atoms with E-state index in [0.29, 0.717) is 5.88 Å². The molecule has 0 amide bonds. The Morgan fingerprint density at radius 2 is 1.74 bits per heavy atom. The van der Waals surface area contributed by atoms with E-state index in [-0.39, 0.29) is 5.82 Å². The fourth-order valence-corrected chi connectivity index (χ4v) is 2.85. The third-order valence-electron chi connectivity index (χ3n) is 2.95. The van der Waals surface area contributed by atoms with E-state index in [9.17, 15) is 4.39 Å². The highest BCUT2D eigenvalue weighted by molar-refractivity contribution is 9.10. The third kappa shape index (κ3) is 3.28. The average molecular weight is 343 g/mol. The molecule has 0 heterocycles. The minimum absolute atomic E-state index is 0.224. The van der Waals surface area contributed by atoms with Crippen LogP contribution in [0.5, 0.6) is 0 Å². The van der Waals surface area contributed by atoms with Crippen molar-refractivity contribution in [3.8, 4) is 0 Å². The predicted molar refractivity (Wildman–Crippen MR) is 82.8 cm³/mol. The molecule has 0 aromatic heterocycles. The fraction of sp³-hybridized carbons (Fsp3) is 0.200. The molecule has 0 atom stereocenters. The smallest absolute Gasteiger partial charge is 0.123 e. The van der Waals surface area contributed by atoms with Gasteiger partial charge in [0.1, 0.15) is 5.82 Å². The van der Waals surface area contributed by atoms with E-state index in [1.807, 2.05) is 18.2 Å². The van der Waals surface area contributed by atoms with E-state index < -0.39 is 0 Å². The molecule has 19 heavy (non-hydrogen) atoms. The molecule has 0 saturated carbocycles. The predicted octanol–water partition coefficient (Wildman–Crippen LogP) is 5.49. The molecule has 0 fully saturated rings. The Kier molecular flexibility index (Phi) is 4.83. The molecule has 0 aliphatic carbocycles. The van der Waals surface area contributed by atoms with Crippen molar-refractivity contribution in [1.29, 1.82) is 0 Å². The highest BCUT2D eigenvalue weighted by atomic mass is 79.9. The zero-order valence-electron chi connectivity index (χ0n) is 10.5. The molecule has 2 aromatic carbocycles. The van der Waals surface area contributed by atoms with Gasteiger partial charge >= 0.3 is 0 Å². The lowest BCUT2D eigenvalue weighted by Gasteiger charge is -2.24. The molecule has 0 N–H and O–H groups in total. The lowest BCUT2D eigenvalue weighted by atomic mass is 10.2. The van der Waals surface area contributed by atoms with Crippen molar-refractivity contribution in [2.45, 2.75) is 12.8 Å². The lowest BCUT2D eigenvalue weighted by Crippen LogP contribution is -2.16. The number of anilines is 2. The van der Waals surface area contributed by atoms with Gasteiger partial charge < -0.3 is 4.90 Å². The summed E-state index contributed by atoms with van der Waals surface area (Å²) in [5, 5.41) is 0. The summed E-state index contributed by atoms with van der Waals surface area (Å²) in [5.74, 6) is 0.252. The van der Waals surface area contributed by atoms with E-state index in [4.69, 9.17) is 11.6 Å². The van der Waals surface area contributed by atoms with Crippen molar-refractivity contribution >= 4 is 38.9 Å². The van der Waals surface area contributed by atoms with E-state index in [1.54, 1.807) is 12.1 Å². The topological polar surface area (TPSA) is 3.24 Å². The monoisotopic (exact) mass is 341 g/mol. The molecule has 0 unspecified atom stereocenters. The van der Waals surface area contributed by atoms with Gasteiger partial charge in [0.25, 0.3) is 0 Å². The van der Waals surface area contributed by atoms with Gasteiger partial charge in [-0.1, -0.05) is 22.0 Å². The lowest BCUT2D eigenvalue weighted by molar-refractivity contribution is 0.628. The summed E-state index contributed by atoms with van der Waals surface area (Å²) < 4.78 is 14.0. The molecule has 0 saturated heterocycles. The maximum absolute atomic E-state index is 13.0. The first-order valence-electron chi connectivity index (χ1n) is 6.03. The number of rotatable bonds is 4. The largest absolute Gasteiger partial charge is 0.342 e. The van der Waals surface area contributed by atoms with E-state index in [0.717, 1.165) is 28.0 Å². The summed E-state index contributed by atoms with van der Waals surface area (Å²) in [7, 11) is 0. The van der Waals surface area contributed by atoms with Crippen LogP contribution in [-0.2, 0) is 5.88 Å². The van der Waals surface area contributed by atoms with Crippen LogP contribution in [0.4, 0.5) is 15.8 Å². The van der Waals surface area contributed by atoms with Gasteiger partial charge in [0.05, 0.1) is 0 Å². The van der Waals surface area contributed by atoms with Crippen LogP contribution in [0.15, 0.2) is 46.9 Å². The highest BCUT2D eigenvalue weighted by Gasteiger charge is 2.09. The quantitative estimate of drug-likeness (QED) is 0.665. The molecule has 1 nitrogen and oxygen atoms in total. The molecule has 2 aromatic rings. The van der Waals surface area contributed by atoms with Gasteiger partial charge in [-0.15, -0.1) is 11.6 Å². The number of hydrogen-bond acceptors (Lipinski definition) is 1. The number of hydrogen-bond donors (Lipinski definition) is 0. The van der Waals surface area contributed by atoms with Crippen LogP contribution in [-0.4, -0.2) is 6.54 Å². The minimum atomic E-state index is -0.224. The first-order valence-corrected chi connectivity index (χ1v) is 7.36. The standard InChI is InChI=1S/C15H14BrClFN/c1-2-19(13-7-4-12(18)5-8-13)14-6-3-11(10-17)15(16)9-14/h3-9H,2,10H2,1H3. The molecular formula is C15H14BrClFN. The average Bonchev–Trinajstić information content (AvgIpc) is 2.42. The van der Waals surface area contributed by atoms with E-state index in [2.05, 4.69) is 27.8 Å². The summed E-state index contributed by atoms with van der Waals surface area (Å²) in [6.45, 7) is 2.87. The van der Waals surface area contributed by atoms with Gasteiger partial charge in [0, 0.05) is 28.3 Å². The van der Waals surface area contributed by atoms with Crippen molar-refractivity contribution < 1.29 is 4.39 Å². The van der Waals surface area contributed by atoms with Crippen LogP contribution in [0, 0.1) is 5.82 Å². The van der Waals surface area contributed by atoms with Crippen molar-refractivity contribution in [3.63, 3.8) is 0 Å². The van der Waals surface area contributed by atoms with Crippen LogP contribution in [0.25, 0.3) is 0 Å². The molecule has 4 heteroatoms. The van der Waals surface area contributed by atoms with Crippen molar-refractivity contribution in [3.05, 3.63) is 58.3 Å². The SMILES string of the molecule is CCN(c1ccc(F)cc1)c1ccc(CCl)c(Br)c1. The summed E-state index contributed by atoms with van der Waals surface area (Å²) in [6.07, 6.45) is 0. The van der Waals surface area contributed by atoms with Crippen LogP contribution >= 0.6 is 27.5 Å². The fourth-order valence-electron chi connectivity index (χ4n) is 1.95. The minimum Gasteiger partial charge on any atom is -0.342 e. The van der Waals surface area contributed by atoms with E-state index in [1.165, 1.54) is 12.1 Å². The Morgan fingerprint density at radius 3 is 2.26 bits per heavy atom. The van der Waals surface area contributed by atoms with Crippen LogP contribution in [0.3, 0.4) is 0 Å². The Hall–Kier alpha value is -1.06. The van der Waals surface area contributed by atoms with Gasteiger partial charge in [-0.05, 0) is 48.9 Å². The first kappa shape index (κ1) is 14.4. The van der Waals surface area contributed by atoms with Gasteiger partial charge in [0.2, 0.25) is 0 Å². The third-order valence-corrected chi connectivity index (χ3v) is 3.97. The highest BCUT2D eigenvalue weighted by Crippen LogP contribution is 2.30. The van der Waals surface area contributed by atoms with Crippen LogP contribution < -0.4 is 4.90 Å². The molecule has 0 radical (unpaired) electrons. The summed E-state index contributed by atoms with van der Waals surface area (Å²) >= 11 is 9.36. The van der Waals surface area contributed by atoms with Gasteiger partial charge in [-0.25, -0.2) is 4.39 Å². The number of halogens is 3. The second kappa shape index (κ2) is 6.40. The molecule has 0 spiro atoms. The summed E-state index contributed by atoms with van der Waals surface area (Å²) in [5.41, 5.74) is 3.07. The zero-order valence-corrected chi connectivity index (χ0v) is 12.9. The molecular weight excluding hydrogens is 329 g/mol. The molecule has 0 aliphatic heterocycles. The van der Waals surface area contributed by atoms with Crippen molar-refractivity contribution in [2.75, 3.05) is 11.4 Å². The Labute approximate surface area is 126 Å². The summed E-state index contributed by atoms with van der Waals surface area (Å²) in [6, 6.07) is 12.6. The van der Waals surface area contributed by atoms with Crippen molar-refractivity contribution in [2.24, 2.45) is 0 Å². The Morgan fingerprint density at radius 1 is 1.11 bits per heavy atom. The summed E-state index contributed by atoms with van der Waals surface area (Å²) in [4.78, 5) is 2.11. The van der Waals surface area contributed by atoms with Crippen LogP contribution in [0.2, 0.25) is 0 Å². The zero-order chi connectivity index (χ0) is 13.8. The van der Waals surface area contributed by atoms with Gasteiger partial charge in [0.15, 0.2) is 0 Å². The number of alkyl halides is 1. The maximum Gasteiger partial charge on any atom is 0.123 e. The van der Waals surface area contributed by atoms with Crippen molar-refractivity contribution in [1.82, 2.24) is 0 Å². The number of nitrogens with zero attached hydrogens (tertiary/aromatic N) is 1. The molecule has 100 valence electrons. The maximum atomic E-state index is 13.0. The Balaban J connectivity index is 2.36. The van der Waals surface area contributed by atoms with Gasteiger partial charge in [-0.3, -0.25) is 0 Å². The molecule has 0 bridgehead atoms. The molecule has 0 aliphatic rings. The van der Waals surface area contributed by atoms with Crippen LogP contribution in [0.1, 0.15) is 12.5 Å². The second-order valence-corrected chi connectivity index (χ2v) is 5.25. The van der Waals surface area contributed by atoms with E-state index >= 15 is 0 Å². The first-order chi connectivity index (χ1) is 9.15. The Bertz CT molecular complexity index is 557. The normalized spacial score (nSPS) is 10.5. The second-order valence-electron chi connectivity index (χ2n) is 4.13. The van der Waals surface area contributed by atoms with Gasteiger partial charge in [-0.2, -0.15) is 0 Å².